The van der Waals surface area contributed by atoms with Gasteiger partial charge in [-0.2, -0.15) is 0 Å². The van der Waals surface area contributed by atoms with Crippen LogP contribution >= 0.6 is 23.2 Å². The Morgan fingerprint density at radius 1 is 1.29 bits per heavy atom. The number of nitrogens with zero attached hydrogens (tertiary/aromatic N) is 1. The summed E-state index contributed by atoms with van der Waals surface area (Å²) in [5.74, 6) is -0.229. The Kier molecular flexibility index (Phi) is 5.42. The Balaban J connectivity index is 2.93. The molecule has 0 radical (unpaired) electrons. The molecule has 1 aromatic carbocycles. The van der Waals surface area contributed by atoms with Crippen molar-refractivity contribution in [3.05, 3.63) is 32.3 Å². The summed E-state index contributed by atoms with van der Waals surface area (Å²) in [6.45, 7) is 7.24. The van der Waals surface area contributed by atoms with Crippen molar-refractivity contribution in [2.75, 3.05) is 5.32 Å². The number of carbonyl (C=O) groups is 1. The molecule has 8 heteroatoms. The molecule has 0 fully saturated rings. The van der Waals surface area contributed by atoms with Crippen LogP contribution in [0.5, 0.6) is 0 Å². The zero-order valence-electron chi connectivity index (χ0n) is 12.2. The molecule has 0 aromatic heterocycles. The number of hydrogen-bond donors (Lipinski definition) is 2. The second kappa shape index (κ2) is 6.49. The molecular formula is C13H17Cl2N3O3. The molecule has 0 aliphatic carbocycles. The maximum Gasteiger partial charge on any atom is 0.272 e. The third kappa shape index (κ3) is 5.06. The lowest BCUT2D eigenvalue weighted by Gasteiger charge is -2.24. The molecule has 0 saturated heterocycles. The van der Waals surface area contributed by atoms with Crippen molar-refractivity contribution in [3.63, 3.8) is 0 Å². The maximum absolute atomic E-state index is 12.0. The fourth-order valence-corrected chi connectivity index (χ4v) is 2.15. The molecule has 1 atom stereocenters. The van der Waals surface area contributed by atoms with E-state index >= 15 is 0 Å². The molecule has 6 nitrogen and oxygen atoms in total. The highest BCUT2D eigenvalue weighted by Gasteiger charge is 2.22. The van der Waals surface area contributed by atoms with E-state index in [1.807, 2.05) is 20.8 Å². The van der Waals surface area contributed by atoms with Gasteiger partial charge in [0.05, 0.1) is 20.7 Å². The van der Waals surface area contributed by atoms with Crippen LogP contribution in [-0.2, 0) is 4.79 Å². The van der Waals surface area contributed by atoms with E-state index < -0.39 is 11.0 Å². The lowest BCUT2D eigenvalue weighted by atomic mass is 10.1. The average molecular weight is 334 g/mol. The molecule has 0 heterocycles. The van der Waals surface area contributed by atoms with Gasteiger partial charge in [0, 0.05) is 17.7 Å². The van der Waals surface area contributed by atoms with E-state index in [4.69, 9.17) is 23.2 Å². The Morgan fingerprint density at radius 3 is 2.14 bits per heavy atom. The normalized spacial score (nSPS) is 12.7. The van der Waals surface area contributed by atoms with Gasteiger partial charge in [-0.05, 0) is 27.7 Å². The Hall–Kier alpha value is -1.53. The Labute approximate surface area is 133 Å². The number of anilines is 1. The fraction of sp³-hybridized carbons (Fsp3) is 0.462. The highest BCUT2D eigenvalue weighted by Crippen LogP contribution is 2.35. The van der Waals surface area contributed by atoms with Crippen LogP contribution in [0, 0.1) is 10.1 Å². The van der Waals surface area contributed by atoms with Crippen molar-refractivity contribution in [1.82, 2.24) is 5.32 Å². The summed E-state index contributed by atoms with van der Waals surface area (Å²) < 4.78 is 0. The van der Waals surface area contributed by atoms with Gasteiger partial charge in [-0.1, -0.05) is 23.2 Å². The summed E-state index contributed by atoms with van der Waals surface area (Å²) in [6, 6.07) is 1.77. The largest absolute Gasteiger partial charge is 0.371 e. The lowest BCUT2D eigenvalue weighted by molar-refractivity contribution is -0.384. The first kappa shape index (κ1) is 17.5. The summed E-state index contributed by atoms with van der Waals surface area (Å²) in [7, 11) is 0. The van der Waals surface area contributed by atoms with Gasteiger partial charge in [-0.25, -0.2) is 0 Å². The maximum atomic E-state index is 12.0. The standard InChI is InChI=1S/C13H17Cl2N3O3/c1-7(12(19)17-13(2,3)4)16-11-9(14)5-8(18(20)21)6-10(11)15/h5-7,16H,1-4H3,(H,17,19). The van der Waals surface area contributed by atoms with E-state index in [0.29, 0.717) is 5.69 Å². The van der Waals surface area contributed by atoms with Crippen molar-refractivity contribution in [2.24, 2.45) is 0 Å². The van der Waals surface area contributed by atoms with Crippen LogP contribution in [0.4, 0.5) is 11.4 Å². The minimum absolute atomic E-state index is 0.0876. The molecule has 1 unspecified atom stereocenters. The van der Waals surface area contributed by atoms with Crippen LogP contribution in [0.1, 0.15) is 27.7 Å². The molecule has 1 rings (SSSR count). The average Bonchev–Trinajstić information content (AvgIpc) is 2.30. The van der Waals surface area contributed by atoms with Crippen molar-refractivity contribution >= 4 is 40.5 Å². The number of nitrogens with one attached hydrogen (secondary N) is 2. The van der Waals surface area contributed by atoms with Gasteiger partial charge in [-0.15, -0.1) is 0 Å². The molecule has 21 heavy (non-hydrogen) atoms. The summed E-state index contributed by atoms with van der Waals surface area (Å²) in [5.41, 5.74) is -0.279. The quantitative estimate of drug-likeness (QED) is 0.651. The second-order valence-electron chi connectivity index (χ2n) is 5.65. The Bertz CT molecular complexity index is 547. The number of rotatable bonds is 4. The monoisotopic (exact) mass is 333 g/mol. The second-order valence-corrected chi connectivity index (χ2v) is 6.46. The van der Waals surface area contributed by atoms with Crippen LogP contribution in [0.2, 0.25) is 10.0 Å². The summed E-state index contributed by atoms with van der Waals surface area (Å²) in [5, 5.41) is 16.6. The first-order valence-electron chi connectivity index (χ1n) is 6.23. The third-order valence-corrected chi connectivity index (χ3v) is 3.09. The van der Waals surface area contributed by atoms with Gasteiger partial charge < -0.3 is 10.6 Å². The number of carbonyl (C=O) groups excluding carboxylic acids is 1. The van der Waals surface area contributed by atoms with E-state index in [2.05, 4.69) is 10.6 Å². The van der Waals surface area contributed by atoms with Crippen LogP contribution < -0.4 is 10.6 Å². The first-order valence-corrected chi connectivity index (χ1v) is 6.99. The molecule has 116 valence electrons. The minimum atomic E-state index is -0.597. The molecule has 1 amide bonds. The topological polar surface area (TPSA) is 84.3 Å². The highest BCUT2D eigenvalue weighted by molar-refractivity contribution is 6.39. The Morgan fingerprint density at radius 2 is 1.76 bits per heavy atom. The minimum Gasteiger partial charge on any atom is -0.371 e. The molecule has 0 aliphatic heterocycles. The molecule has 0 saturated carbocycles. The van der Waals surface area contributed by atoms with Crippen LogP contribution in [0.15, 0.2) is 12.1 Å². The van der Waals surface area contributed by atoms with E-state index in [1.54, 1.807) is 6.92 Å². The highest BCUT2D eigenvalue weighted by atomic mass is 35.5. The van der Waals surface area contributed by atoms with Crippen molar-refractivity contribution in [1.29, 1.82) is 0 Å². The third-order valence-electron chi connectivity index (χ3n) is 2.49. The van der Waals surface area contributed by atoms with Crippen molar-refractivity contribution in [3.8, 4) is 0 Å². The predicted octanol–water partition coefficient (Wildman–Crippen LogP) is 3.62. The van der Waals surface area contributed by atoms with Gasteiger partial charge >= 0.3 is 0 Å². The number of amides is 1. The zero-order valence-corrected chi connectivity index (χ0v) is 13.7. The number of nitro benzene ring substituents is 1. The number of nitro groups is 1. The molecule has 0 bridgehead atoms. The molecule has 2 N–H and O–H groups in total. The zero-order chi connectivity index (χ0) is 16.4. The molecular weight excluding hydrogens is 317 g/mol. The number of benzene rings is 1. The fourth-order valence-electron chi connectivity index (χ4n) is 1.56. The molecule has 0 aliphatic rings. The van der Waals surface area contributed by atoms with Crippen LogP contribution in [-0.4, -0.2) is 22.4 Å². The van der Waals surface area contributed by atoms with Gasteiger partial charge in [0.25, 0.3) is 5.69 Å². The van der Waals surface area contributed by atoms with Gasteiger partial charge in [-0.3, -0.25) is 14.9 Å². The van der Waals surface area contributed by atoms with Crippen LogP contribution in [0.25, 0.3) is 0 Å². The molecule has 1 aromatic rings. The SMILES string of the molecule is CC(Nc1c(Cl)cc([N+](=O)[O-])cc1Cl)C(=O)NC(C)(C)C. The van der Waals surface area contributed by atoms with E-state index in [1.165, 1.54) is 12.1 Å². The van der Waals surface area contributed by atoms with Gasteiger partial charge in [0.1, 0.15) is 6.04 Å². The van der Waals surface area contributed by atoms with Gasteiger partial charge in [0.15, 0.2) is 0 Å². The smallest absolute Gasteiger partial charge is 0.272 e. The lowest BCUT2D eigenvalue weighted by Crippen LogP contribution is -2.47. The summed E-state index contributed by atoms with van der Waals surface area (Å²) >= 11 is 12.0. The summed E-state index contributed by atoms with van der Waals surface area (Å²) in [6.07, 6.45) is 0. The number of non-ortho nitro benzene ring substituents is 1. The van der Waals surface area contributed by atoms with E-state index in [0.717, 1.165) is 0 Å². The van der Waals surface area contributed by atoms with E-state index in [-0.39, 0.29) is 27.2 Å². The number of halogens is 2. The first-order chi connectivity index (χ1) is 9.51. The van der Waals surface area contributed by atoms with Crippen molar-refractivity contribution in [2.45, 2.75) is 39.3 Å². The van der Waals surface area contributed by atoms with E-state index in [9.17, 15) is 14.9 Å². The van der Waals surface area contributed by atoms with Crippen LogP contribution in [0.3, 0.4) is 0 Å². The molecule has 0 spiro atoms. The predicted molar refractivity (Wildman–Crippen MR) is 84.1 cm³/mol. The van der Waals surface area contributed by atoms with Crippen molar-refractivity contribution < 1.29 is 9.72 Å². The number of hydrogen-bond acceptors (Lipinski definition) is 4. The summed E-state index contributed by atoms with van der Waals surface area (Å²) in [4.78, 5) is 22.1. The van der Waals surface area contributed by atoms with Gasteiger partial charge in [0.2, 0.25) is 5.91 Å².